The molecule has 1 fully saturated rings. The van der Waals surface area contributed by atoms with E-state index in [1.165, 1.54) is 12.7 Å². The summed E-state index contributed by atoms with van der Waals surface area (Å²) in [7, 11) is 0. The highest BCUT2D eigenvalue weighted by atomic mass is 16.7. The third-order valence-electron chi connectivity index (χ3n) is 5.74. The number of benzene rings is 1. The Kier molecular flexibility index (Phi) is 6.68. The highest BCUT2D eigenvalue weighted by molar-refractivity contribution is 6.05. The van der Waals surface area contributed by atoms with E-state index < -0.39 is 11.5 Å². The van der Waals surface area contributed by atoms with E-state index >= 15 is 0 Å². The number of fused-ring (bicyclic) bond motifs is 1. The Morgan fingerprint density at radius 3 is 2.62 bits per heavy atom. The average molecular weight is 437 g/mol. The lowest BCUT2D eigenvalue weighted by molar-refractivity contribution is 0.0513. The first-order chi connectivity index (χ1) is 15.6. The number of hydrogen-bond acceptors (Lipinski definition) is 7. The molecule has 0 saturated heterocycles. The second-order valence-electron chi connectivity index (χ2n) is 7.97. The summed E-state index contributed by atoms with van der Waals surface area (Å²) in [6.45, 7) is 3.86. The van der Waals surface area contributed by atoms with Gasteiger partial charge in [-0.1, -0.05) is 49.6 Å². The quantitative estimate of drug-likeness (QED) is 0.565. The van der Waals surface area contributed by atoms with E-state index in [4.69, 9.17) is 9.57 Å². The van der Waals surface area contributed by atoms with Crippen molar-refractivity contribution in [2.24, 2.45) is 0 Å². The third-order valence-corrected chi connectivity index (χ3v) is 5.74. The first-order valence-electron chi connectivity index (χ1n) is 11.1. The molecule has 2 aromatic heterocycles. The van der Waals surface area contributed by atoms with Gasteiger partial charge in [0.2, 0.25) is 0 Å². The minimum atomic E-state index is -0.682. The first-order valence-corrected chi connectivity index (χ1v) is 11.1. The van der Waals surface area contributed by atoms with Gasteiger partial charge in [-0.3, -0.25) is 4.79 Å². The smallest absolute Gasteiger partial charge is 0.346 e. The maximum Gasteiger partial charge on any atom is 0.346 e. The summed E-state index contributed by atoms with van der Waals surface area (Å²) in [4.78, 5) is 41.0. The molecular weight excluding hydrogens is 408 g/mol. The SMILES string of the molecule is CCOC(=O)c1c(NC2CCCCC2)c2c(C)ncnc2n(OCc2ccccc2)c1=O. The van der Waals surface area contributed by atoms with E-state index in [1.54, 1.807) is 6.92 Å². The molecular formula is C24H28N4O4. The molecule has 8 nitrogen and oxygen atoms in total. The number of carbonyl (C=O) groups excluding carboxylic acids is 1. The monoisotopic (exact) mass is 436 g/mol. The molecule has 3 aromatic rings. The van der Waals surface area contributed by atoms with Crippen LogP contribution in [0.3, 0.4) is 0 Å². The van der Waals surface area contributed by atoms with Crippen molar-refractivity contribution in [1.29, 1.82) is 0 Å². The molecule has 0 bridgehead atoms. The zero-order valence-electron chi connectivity index (χ0n) is 18.5. The summed E-state index contributed by atoms with van der Waals surface area (Å²) in [5.74, 6) is -0.682. The summed E-state index contributed by atoms with van der Waals surface area (Å²) < 4.78 is 6.35. The minimum Gasteiger partial charge on any atom is -0.462 e. The van der Waals surface area contributed by atoms with Gasteiger partial charge in [0, 0.05) is 6.04 Å². The largest absolute Gasteiger partial charge is 0.462 e. The van der Waals surface area contributed by atoms with Crippen LogP contribution in [-0.4, -0.2) is 33.3 Å². The van der Waals surface area contributed by atoms with Gasteiger partial charge in [0.15, 0.2) is 11.2 Å². The van der Waals surface area contributed by atoms with Crippen molar-refractivity contribution in [2.45, 2.75) is 58.6 Å². The van der Waals surface area contributed by atoms with Crippen molar-refractivity contribution in [3.63, 3.8) is 0 Å². The van der Waals surface area contributed by atoms with Crippen molar-refractivity contribution in [3.05, 3.63) is 63.8 Å². The van der Waals surface area contributed by atoms with E-state index in [9.17, 15) is 9.59 Å². The molecule has 1 aromatic carbocycles. The molecule has 0 unspecified atom stereocenters. The van der Waals surface area contributed by atoms with Crippen LogP contribution in [-0.2, 0) is 11.3 Å². The normalized spacial score (nSPS) is 14.3. The number of nitrogens with zero attached hydrogens (tertiary/aromatic N) is 3. The predicted octanol–water partition coefficient (Wildman–Crippen LogP) is 3.65. The Hall–Kier alpha value is -3.42. The van der Waals surface area contributed by atoms with Gasteiger partial charge in [0.25, 0.3) is 0 Å². The topological polar surface area (TPSA) is 95.3 Å². The van der Waals surface area contributed by atoms with Crippen LogP contribution in [0.25, 0.3) is 11.0 Å². The van der Waals surface area contributed by atoms with Crippen LogP contribution in [0.2, 0.25) is 0 Å². The molecule has 8 heteroatoms. The molecule has 0 spiro atoms. The molecule has 1 N–H and O–H groups in total. The van der Waals surface area contributed by atoms with Crippen molar-refractivity contribution < 1.29 is 14.4 Å². The van der Waals surface area contributed by atoms with Gasteiger partial charge in [-0.25, -0.2) is 14.8 Å². The van der Waals surface area contributed by atoms with E-state index in [0.717, 1.165) is 36.0 Å². The molecule has 2 heterocycles. The zero-order chi connectivity index (χ0) is 22.5. The summed E-state index contributed by atoms with van der Waals surface area (Å²) in [6, 6.07) is 9.67. The van der Waals surface area contributed by atoms with Crippen molar-refractivity contribution in [2.75, 3.05) is 11.9 Å². The second kappa shape index (κ2) is 9.80. The Labute approximate surface area is 186 Å². The average Bonchev–Trinajstić information content (AvgIpc) is 2.80. The Bertz CT molecular complexity index is 1150. The minimum absolute atomic E-state index is 0.0733. The maximum absolute atomic E-state index is 13.5. The van der Waals surface area contributed by atoms with E-state index in [0.29, 0.717) is 22.4 Å². The number of hydrogen-bond donors (Lipinski definition) is 1. The summed E-state index contributed by atoms with van der Waals surface area (Å²) in [5, 5.41) is 4.06. The van der Waals surface area contributed by atoms with Gasteiger partial charge in [0.1, 0.15) is 12.9 Å². The van der Waals surface area contributed by atoms with Crippen molar-refractivity contribution >= 4 is 22.7 Å². The van der Waals surface area contributed by atoms with Gasteiger partial charge in [-0.2, -0.15) is 0 Å². The van der Waals surface area contributed by atoms with E-state index in [2.05, 4.69) is 15.3 Å². The Morgan fingerprint density at radius 1 is 1.16 bits per heavy atom. The van der Waals surface area contributed by atoms with Crippen LogP contribution >= 0.6 is 0 Å². The molecule has 1 aliphatic rings. The Balaban J connectivity index is 1.87. The lowest BCUT2D eigenvalue weighted by Crippen LogP contribution is -2.35. The molecule has 32 heavy (non-hydrogen) atoms. The number of esters is 1. The van der Waals surface area contributed by atoms with E-state index in [-0.39, 0.29) is 24.8 Å². The zero-order valence-corrected chi connectivity index (χ0v) is 18.5. The van der Waals surface area contributed by atoms with Crippen LogP contribution in [0.5, 0.6) is 0 Å². The molecule has 0 atom stereocenters. The molecule has 1 aliphatic carbocycles. The highest BCUT2D eigenvalue weighted by Crippen LogP contribution is 2.30. The van der Waals surface area contributed by atoms with Gasteiger partial charge in [0.05, 0.1) is 23.4 Å². The molecule has 0 radical (unpaired) electrons. The predicted molar refractivity (Wildman–Crippen MR) is 122 cm³/mol. The highest BCUT2D eigenvalue weighted by Gasteiger charge is 2.28. The number of aromatic nitrogens is 3. The molecule has 168 valence electrons. The van der Waals surface area contributed by atoms with Gasteiger partial charge in [-0.05, 0) is 32.3 Å². The second-order valence-corrected chi connectivity index (χ2v) is 7.97. The lowest BCUT2D eigenvalue weighted by atomic mass is 9.94. The standard InChI is InChI=1S/C24H28N4O4/c1-3-31-24(30)20-21(27-18-12-8-5-9-13-18)19-16(2)25-15-26-22(19)28(23(20)29)32-14-17-10-6-4-7-11-17/h4,6-7,10-11,15,18,27H,3,5,8-9,12-14H2,1-2H3. The van der Waals surface area contributed by atoms with Crippen LogP contribution < -0.4 is 15.7 Å². The van der Waals surface area contributed by atoms with Gasteiger partial charge in [-0.15, -0.1) is 4.73 Å². The van der Waals surface area contributed by atoms with Gasteiger partial charge >= 0.3 is 11.5 Å². The molecule has 0 amide bonds. The summed E-state index contributed by atoms with van der Waals surface area (Å²) in [6.07, 6.45) is 6.76. The number of anilines is 1. The molecule has 4 rings (SSSR count). The number of aryl methyl sites for hydroxylation is 1. The van der Waals surface area contributed by atoms with Gasteiger partial charge < -0.3 is 14.9 Å². The van der Waals surface area contributed by atoms with Crippen molar-refractivity contribution in [3.8, 4) is 0 Å². The summed E-state index contributed by atoms with van der Waals surface area (Å²) >= 11 is 0. The summed E-state index contributed by atoms with van der Waals surface area (Å²) in [5.41, 5.74) is 1.63. The fourth-order valence-corrected chi connectivity index (χ4v) is 4.16. The number of pyridine rings is 1. The lowest BCUT2D eigenvalue weighted by Gasteiger charge is -2.26. The number of rotatable bonds is 7. The number of carbonyl (C=O) groups is 1. The number of ether oxygens (including phenoxy) is 1. The molecule has 1 saturated carbocycles. The fraction of sp³-hybridized carbons (Fsp3) is 0.417. The fourth-order valence-electron chi connectivity index (χ4n) is 4.16. The Morgan fingerprint density at radius 2 is 1.91 bits per heavy atom. The van der Waals surface area contributed by atoms with E-state index in [1.807, 2.05) is 37.3 Å². The van der Waals surface area contributed by atoms with Crippen LogP contribution in [0.4, 0.5) is 5.69 Å². The number of nitrogens with one attached hydrogen (secondary N) is 1. The molecule has 0 aliphatic heterocycles. The van der Waals surface area contributed by atoms with Crippen LogP contribution in [0, 0.1) is 6.92 Å². The van der Waals surface area contributed by atoms with Crippen LogP contribution in [0.1, 0.15) is 60.6 Å². The third kappa shape index (κ3) is 4.44. The maximum atomic E-state index is 13.5. The first kappa shape index (κ1) is 21.8. The van der Waals surface area contributed by atoms with Crippen LogP contribution in [0.15, 0.2) is 41.5 Å². The van der Waals surface area contributed by atoms with Crippen molar-refractivity contribution in [1.82, 2.24) is 14.7 Å².